The summed E-state index contributed by atoms with van der Waals surface area (Å²) in [6.07, 6.45) is 3.06. The second-order valence-corrected chi connectivity index (χ2v) is 16.8. The summed E-state index contributed by atoms with van der Waals surface area (Å²) in [7, 11) is -3.89. The van der Waals surface area contributed by atoms with Gasteiger partial charge in [0, 0.05) is 52.2 Å². The average molecular weight is 855 g/mol. The summed E-state index contributed by atoms with van der Waals surface area (Å²) in [5.74, 6) is -1.27. The number of rotatable bonds is 17. The minimum absolute atomic E-state index is 0.0236. The number of nitrogens with two attached hydrogens (primary N) is 1. The van der Waals surface area contributed by atoms with E-state index in [0.29, 0.717) is 17.8 Å². The Morgan fingerprint density at radius 2 is 1.33 bits per heavy atom. The fourth-order valence-corrected chi connectivity index (χ4v) is 7.25. The van der Waals surface area contributed by atoms with Crippen molar-refractivity contribution in [2.24, 2.45) is 0 Å². The normalized spacial score (nSPS) is 13.4. The predicted molar refractivity (Wildman–Crippen MR) is 228 cm³/mol. The lowest BCUT2D eigenvalue weighted by molar-refractivity contribution is -0.123. The largest absolute Gasteiger partial charge is 0.399 e. The molecule has 298 valence electrons. The Kier molecular flexibility index (Phi) is 14.6. The summed E-state index contributed by atoms with van der Waals surface area (Å²) < 4.78 is 28.7. The number of aromatic nitrogens is 1. The van der Waals surface area contributed by atoms with Crippen LogP contribution in [0.4, 0.5) is 11.4 Å². The molecular weight excluding hydrogens is 806 g/mol. The Labute approximate surface area is 342 Å². The number of benzene rings is 4. The van der Waals surface area contributed by atoms with Crippen molar-refractivity contribution in [3.05, 3.63) is 159 Å². The van der Waals surface area contributed by atoms with E-state index >= 15 is 0 Å². The van der Waals surface area contributed by atoms with Crippen LogP contribution in [0.15, 0.2) is 126 Å². The number of amides is 3. The van der Waals surface area contributed by atoms with Crippen molar-refractivity contribution >= 4 is 55.0 Å². The third-order valence-electron chi connectivity index (χ3n) is 9.39. The SMILES string of the molecule is C[C@H](NC[C@H](Cc1ccccn1)NC(=O)c1cc(C(=O)N[C@H](C)c2ccc(Br)cc2)cc(N(Cc2ccccc2)S(C)(=O)=O)c1)C(=O)N[C@H](C)c1ccc(N)cc1. The zero-order valence-electron chi connectivity index (χ0n) is 32.3. The summed E-state index contributed by atoms with van der Waals surface area (Å²) in [6, 6.07) is 31.9. The molecule has 0 radical (unpaired) electrons. The number of nitrogen functional groups attached to an aromatic ring is 1. The molecule has 0 spiro atoms. The molecule has 0 saturated carbocycles. The molecule has 0 fully saturated rings. The van der Waals surface area contributed by atoms with E-state index < -0.39 is 40.0 Å². The van der Waals surface area contributed by atoms with Crippen LogP contribution in [0.3, 0.4) is 0 Å². The quantitative estimate of drug-likeness (QED) is 0.0700. The Hall–Kier alpha value is -5.57. The Morgan fingerprint density at radius 1 is 0.754 bits per heavy atom. The monoisotopic (exact) mass is 853 g/mol. The minimum Gasteiger partial charge on any atom is -0.399 e. The zero-order valence-corrected chi connectivity index (χ0v) is 34.7. The third kappa shape index (κ3) is 12.5. The van der Waals surface area contributed by atoms with E-state index in [4.69, 9.17) is 5.73 Å². The lowest BCUT2D eigenvalue weighted by Crippen LogP contribution is -2.50. The highest BCUT2D eigenvalue weighted by Gasteiger charge is 2.25. The van der Waals surface area contributed by atoms with Crippen LogP contribution >= 0.6 is 15.9 Å². The summed E-state index contributed by atoms with van der Waals surface area (Å²) >= 11 is 3.43. The maximum atomic E-state index is 14.2. The van der Waals surface area contributed by atoms with Crippen molar-refractivity contribution in [3.8, 4) is 0 Å². The molecule has 6 N–H and O–H groups in total. The number of carbonyl (C=O) groups is 3. The number of anilines is 2. The van der Waals surface area contributed by atoms with Gasteiger partial charge in [-0.05, 0) is 92.1 Å². The lowest BCUT2D eigenvalue weighted by Gasteiger charge is -2.25. The minimum atomic E-state index is -3.89. The van der Waals surface area contributed by atoms with Crippen molar-refractivity contribution in [2.75, 3.05) is 22.8 Å². The highest BCUT2D eigenvalue weighted by atomic mass is 79.9. The van der Waals surface area contributed by atoms with Gasteiger partial charge in [-0.25, -0.2) is 8.42 Å². The van der Waals surface area contributed by atoms with Gasteiger partial charge >= 0.3 is 0 Å². The van der Waals surface area contributed by atoms with E-state index in [-0.39, 0.29) is 41.9 Å². The third-order valence-corrected chi connectivity index (χ3v) is 11.1. The fraction of sp³-hybridized carbons (Fsp3) is 0.256. The van der Waals surface area contributed by atoms with Gasteiger partial charge in [-0.2, -0.15) is 0 Å². The van der Waals surface area contributed by atoms with Crippen molar-refractivity contribution in [1.82, 2.24) is 26.3 Å². The van der Waals surface area contributed by atoms with Crippen molar-refractivity contribution in [1.29, 1.82) is 0 Å². The Bertz CT molecular complexity index is 2240. The highest BCUT2D eigenvalue weighted by Crippen LogP contribution is 2.26. The first-order valence-corrected chi connectivity index (χ1v) is 21.1. The maximum absolute atomic E-state index is 14.2. The molecule has 5 aromatic rings. The number of halogens is 1. The van der Waals surface area contributed by atoms with Crippen LogP contribution in [0.5, 0.6) is 0 Å². The van der Waals surface area contributed by atoms with Crippen LogP contribution in [0.25, 0.3) is 0 Å². The second kappa shape index (κ2) is 19.5. The molecule has 57 heavy (non-hydrogen) atoms. The number of hydrogen-bond donors (Lipinski definition) is 5. The number of carbonyl (C=O) groups excluding carboxylic acids is 3. The summed E-state index contributed by atoms with van der Waals surface area (Å²) in [6.45, 7) is 5.63. The van der Waals surface area contributed by atoms with E-state index in [1.807, 2.05) is 80.6 Å². The van der Waals surface area contributed by atoms with Gasteiger partial charge in [0.1, 0.15) is 0 Å². The van der Waals surface area contributed by atoms with Gasteiger partial charge in [0.05, 0.1) is 36.6 Å². The maximum Gasteiger partial charge on any atom is 0.251 e. The molecule has 0 unspecified atom stereocenters. The molecule has 4 atom stereocenters. The molecule has 4 aromatic carbocycles. The highest BCUT2D eigenvalue weighted by molar-refractivity contribution is 9.10. The molecule has 0 aliphatic heterocycles. The molecule has 1 aromatic heterocycles. The van der Waals surface area contributed by atoms with E-state index in [9.17, 15) is 22.8 Å². The van der Waals surface area contributed by atoms with Gasteiger partial charge < -0.3 is 27.0 Å². The van der Waals surface area contributed by atoms with Gasteiger partial charge in [0.2, 0.25) is 15.9 Å². The van der Waals surface area contributed by atoms with E-state index in [2.05, 4.69) is 42.2 Å². The fourth-order valence-electron chi connectivity index (χ4n) is 6.11. The Morgan fingerprint density at radius 3 is 1.93 bits per heavy atom. The summed E-state index contributed by atoms with van der Waals surface area (Å²) in [4.78, 5) is 45.7. The molecule has 0 aliphatic rings. The average Bonchev–Trinajstić information content (AvgIpc) is 3.19. The van der Waals surface area contributed by atoms with Gasteiger partial charge in [0.25, 0.3) is 11.8 Å². The van der Waals surface area contributed by atoms with E-state index in [1.165, 1.54) is 22.5 Å². The van der Waals surface area contributed by atoms with Crippen LogP contribution in [-0.4, -0.2) is 56.0 Å². The van der Waals surface area contributed by atoms with Crippen molar-refractivity contribution in [2.45, 2.75) is 57.9 Å². The second-order valence-electron chi connectivity index (χ2n) is 14.0. The van der Waals surface area contributed by atoms with Crippen molar-refractivity contribution < 1.29 is 22.8 Å². The molecule has 12 nitrogen and oxygen atoms in total. The van der Waals surface area contributed by atoms with Crippen LogP contribution in [0, 0.1) is 0 Å². The van der Waals surface area contributed by atoms with E-state index in [1.54, 1.807) is 43.5 Å². The van der Waals surface area contributed by atoms with Crippen LogP contribution in [-0.2, 0) is 27.8 Å². The van der Waals surface area contributed by atoms with E-state index in [0.717, 1.165) is 27.4 Å². The molecule has 0 aliphatic carbocycles. The molecule has 0 bridgehead atoms. The number of sulfonamides is 1. The van der Waals surface area contributed by atoms with Crippen LogP contribution in [0.2, 0.25) is 0 Å². The topological polar surface area (TPSA) is 176 Å². The number of nitrogens with zero attached hydrogens (tertiary/aromatic N) is 2. The van der Waals surface area contributed by atoms with Crippen molar-refractivity contribution in [3.63, 3.8) is 0 Å². The molecule has 3 amide bonds. The number of hydrogen-bond acceptors (Lipinski definition) is 8. The molecule has 0 saturated heterocycles. The van der Waals surface area contributed by atoms with Gasteiger partial charge in [-0.3, -0.25) is 23.7 Å². The molecule has 5 rings (SSSR count). The van der Waals surface area contributed by atoms with Crippen LogP contribution in [0.1, 0.15) is 76.0 Å². The van der Waals surface area contributed by atoms with Gasteiger partial charge in [-0.15, -0.1) is 0 Å². The molecule has 1 heterocycles. The Balaban J connectivity index is 1.42. The molecular formula is C43H48BrN7O5S. The first-order valence-electron chi connectivity index (χ1n) is 18.5. The molecule has 14 heteroatoms. The van der Waals surface area contributed by atoms with Gasteiger partial charge in [0.15, 0.2) is 0 Å². The first-order chi connectivity index (χ1) is 27.2. The number of pyridine rings is 1. The standard InChI is InChI=1S/C43H48BrN7O5S/c1-28(33-15-19-37(45)20-16-33)48-41(52)30(3)47-26-39(25-38-12-8-9-21-46-38)50-43(54)35-22-34(42(53)49-29(2)32-13-17-36(44)18-14-32)23-40(24-35)51(57(4,55)56)27-31-10-6-5-7-11-31/h5-24,28-30,39,47H,25-27,45H2,1-4H3,(H,48,52)(H,49,53)(H,50,54)/t28-,29-,30+,39+/m1/s1. The summed E-state index contributed by atoms with van der Waals surface area (Å²) in [5.41, 5.74) is 9.96. The lowest BCUT2D eigenvalue weighted by atomic mass is 10.0. The predicted octanol–water partition coefficient (Wildman–Crippen LogP) is 6.08. The number of nitrogens with one attached hydrogen (secondary N) is 4. The smallest absolute Gasteiger partial charge is 0.251 e. The van der Waals surface area contributed by atoms with Gasteiger partial charge in [-0.1, -0.05) is 76.6 Å². The first kappa shape index (κ1) is 42.6. The van der Waals surface area contributed by atoms with Crippen LogP contribution < -0.4 is 31.3 Å². The zero-order chi connectivity index (χ0) is 41.1. The summed E-state index contributed by atoms with van der Waals surface area (Å²) in [5, 5.41) is 12.3.